The number of carbonyl (C=O) groups excluding carboxylic acids is 1. The van der Waals surface area contributed by atoms with E-state index in [9.17, 15) is 17.6 Å². The van der Waals surface area contributed by atoms with Crippen molar-refractivity contribution < 1.29 is 22.3 Å². The molecule has 6 nitrogen and oxygen atoms in total. The molecule has 3 aromatic rings. The smallest absolute Gasteiger partial charge is 0.216 e. The average molecular weight is 497 g/mol. The van der Waals surface area contributed by atoms with Gasteiger partial charge in [0.2, 0.25) is 10.0 Å². The van der Waals surface area contributed by atoms with E-state index in [1.165, 1.54) is 6.07 Å². The number of hydrogen-bond donors (Lipinski definition) is 1. The first-order valence-electron chi connectivity index (χ1n) is 11.5. The van der Waals surface area contributed by atoms with Crippen LogP contribution in [0.4, 0.5) is 4.39 Å². The van der Waals surface area contributed by atoms with Crippen molar-refractivity contribution in [2.75, 3.05) is 26.7 Å². The summed E-state index contributed by atoms with van der Waals surface area (Å²) >= 11 is 0. The third-order valence-corrected chi connectivity index (χ3v) is 8.16. The third kappa shape index (κ3) is 5.78. The highest BCUT2D eigenvalue weighted by atomic mass is 32.2. The van der Waals surface area contributed by atoms with Crippen molar-refractivity contribution in [3.05, 3.63) is 89.2 Å². The third-order valence-electron chi connectivity index (χ3n) is 6.35. The zero-order valence-electron chi connectivity index (χ0n) is 19.8. The van der Waals surface area contributed by atoms with E-state index in [-0.39, 0.29) is 5.56 Å². The average Bonchev–Trinajstić information content (AvgIpc) is 3.34. The second-order valence-electron chi connectivity index (χ2n) is 8.77. The maximum Gasteiger partial charge on any atom is 0.216 e. The normalized spacial score (nSPS) is 16.4. The number of carbonyl (C=O) groups is 1. The van der Waals surface area contributed by atoms with Gasteiger partial charge in [0.15, 0.2) is 5.78 Å². The highest BCUT2D eigenvalue weighted by Gasteiger charge is 2.33. The van der Waals surface area contributed by atoms with Crippen LogP contribution in [0.15, 0.2) is 66.7 Å². The Hall–Kier alpha value is -3.07. The van der Waals surface area contributed by atoms with Crippen molar-refractivity contribution in [1.82, 2.24) is 9.62 Å². The number of rotatable bonds is 9. The zero-order chi connectivity index (χ0) is 25.0. The number of ether oxygens (including phenoxy) is 1. The SMILES string of the molecule is COc1ccccc1CN1CCC(S(=O)(=O)NCC(=O)c2cc(-c3ccccc3)cc(C)c2F)C1. The van der Waals surface area contributed by atoms with E-state index in [0.717, 1.165) is 16.9 Å². The van der Waals surface area contributed by atoms with Gasteiger partial charge in [-0.05, 0) is 54.8 Å². The van der Waals surface area contributed by atoms with E-state index in [2.05, 4.69) is 9.62 Å². The number of ketones is 1. The van der Waals surface area contributed by atoms with E-state index in [4.69, 9.17) is 4.74 Å². The monoisotopic (exact) mass is 496 g/mol. The lowest BCUT2D eigenvalue weighted by Crippen LogP contribution is -2.39. The van der Waals surface area contributed by atoms with Gasteiger partial charge >= 0.3 is 0 Å². The predicted octanol–water partition coefficient (Wildman–Crippen LogP) is 4.19. The molecule has 1 atom stereocenters. The first kappa shape index (κ1) is 25.0. The molecule has 4 rings (SSSR count). The molecule has 1 unspecified atom stereocenters. The van der Waals surface area contributed by atoms with Gasteiger partial charge in [0.1, 0.15) is 11.6 Å². The topological polar surface area (TPSA) is 75.7 Å². The molecule has 0 bridgehead atoms. The Balaban J connectivity index is 1.41. The molecule has 0 radical (unpaired) electrons. The zero-order valence-corrected chi connectivity index (χ0v) is 20.6. The lowest BCUT2D eigenvalue weighted by atomic mass is 9.98. The van der Waals surface area contributed by atoms with Gasteiger partial charge < -0.3 is 4.74 Å². The van der Waals surface area contributed by atoms with E-state index >= 15 is 0 Å². The first-order valence-corrected chi connectivity index (χ1v) is 13.0. The van der Waals surface area contributed by atoms with Gasteiger partial charge in [-0.15, -0.1) is 0 Å². The minimum atomic E-state index is -3.76. The fourth-order valence-electron chi connectivity index (χ4n) is 4.42. The molecular formula is C27H29FN2O4S. The van der Waals surface area contributed by atoms with Crippen LogP contribution in [0, 0.1) is 12.7 Å². The largest absolute Gasteiger partial charge is 0.496 e. The van der Waals surface area contributed by atoms with Gasteiger partial charge in [0.25, 0.3) is 0 Å². The molecule has 3 aromatic carbocycles. The second-order valence-corrected chi connectivity index (χ2v) is 10.8. The van der Waals surface area contributed by atoms with Gasteiger partial charge in [0.05, 0.1) is 24.5 Å². The Morgan fingerprint density at radius 3 is 2.54 bits per heavy atom. The molecule has 0 amide bonds. The van der Waals surface area contributed by atoms with Crippen molar-refractivity contribution >= 4 is 15.8 Å². The number of methoxy groups -OCH3 is 1. The number of nitrogens with zero attached hydrogens (tertiary/aromatic N) is 1. The van der Waals surface area contributed by atoms with Gasteiger partial charge in [0, 0.05) is 18.7 Å². The Bertz CT molecular complexity index is 1310. The molecule has 1 aliphatic rings. The molecule has 0 spiro atoms. The van der Waals surface area contributed by atoms with Crippen molar-refractivity contribution in [3.8, 4) is 16.9 Å². The van der Waals surface area contributed by atoms with E-state index in [0.29, 0.717) is 37.2 Å². The minimum Gasteiger partial charge on any atom is -0.496 e. The van der Waals surface area contributed by atoms with E-state index in [1.807, 2.05) is 54.6 Å². The summed E-state index contributed by atoms with van der Waals surface area (Å²) in [6.07, 6.45) is 0.454. The molecule has 0 aliphatic carbocycles. The summed E-state index contributed by atoms with van der Waals surface area (Å²) in [6.45, 7) is 2.65. The lowest BCUT2D eigenvalue weighted by Gasteiger charge is -2.18. The minimum absolute atomic E-state index is 0.115. The number of para-hydroxylation sites is 1. The number of halogens is 1. The van der Waals surface area contributed by atoms with Gasteiger partial charge in [-0.2, -0.15) is 0 Å². The molecular weight excluding hydrogens is 467 g/mol. The highest BCUT2D eigenvalue weighted by molar-refractivity contribution is 7.90. The van der Waals surface area contributed by atoms with Crippen LogP contribution in [0.2, 0.25) is 0 Å². The predicted molar refractivity (Wildman–Crippen MR) is 135 cm³/mol. The van der Waals surface area contributed by atoms with E-state index in [1.54, 1.807) is 20.1 Å². The van der Waals surface area contributed by atoms with Crippen molar-refractivity contribution in [1.29, 1.82) is 0 Å². The van der Waals surface area contributed by atoms with Crippen LogP contribution in [-0.4, -0.2) is 51.1 Å². The quantitative estimate of drug-likeness (QED) is 0.450. The van der Waals surface area contributed by atoms with Crippen LogP contribution < -0.4 is 9.46 Å². The number of hydrogen-bond acceptors (Lipinski definition) is 5. The van der Waals surface area contributed by atoms with Crippen molar-refractivity contribution in [2.24, 2.45) is 0 Å². The molecule has 0 aromatic heterocycles. The number of benzene rings is 3. The van der Waals surface area contributed by atoms with Gasteiger partial charge in [-0.25, -0.2) is 17.5 Å². The second kappa shape index (κ2) is 10.7. The molecule has 0 saturated carbocycles. The van der Waals surface area contributed by atoms with Crippen molar-refractivity contribution in [2.45, 2.75) is 25.1 Å². The molecule has 35 heavy (non-hydrogen) atoms. The number of nitrogens with one attached hydrogen (secondary N) is 1. The molecule has 1 N–H and O–H groups in total. The Morgan fingerprint density at radius 2 is 1.80 bits per heavy atom. The number of likely N-dealkylation sites (tertiary alicyclic amines) is 1. The van der Waals surface area contributed by atoms with Crippen LogP contribution >= 0.6 is 0 Å². The van der Waals surface area contributed by atoms with Crippen LogP contribution in [-0.2, 0) is 16.6 Å². The van der Waals surface area contributed by atoms with Crippen molar-refractivity contribution in [3.63, 3.8) is 0 Å². The summed E-state index contributed by atoms with van der Waals surface area (Å²) in [7, 11) is -2.15. The summed E-state index contributed by atoms with van der Waals surface area (Å²) in [4.78, 5) is 14.9. The van der Waals surface area contributed by atoms with E-state index < -0.39 is 33.4 Å². The Labute approximate surface area is 205 Å². The summed E-state index contributed by atoms with van der Waals surface area (Å²) in [6, 6.07) is 20.2. The number of Topliss-reactive ketones (excluding diaryl/α,β-unsaturated/α-hetero) is 1. The van der Waals surface area contributed by atoms with Crippen LogP contribution in [0.5, 0.6) is 5.75 Å². The highest BCUT2D eigenvalue weighted by Crippen LogP contribution is 2.26. The molecule has 1 aliphatic heterocycles. The maximum absolute atomic E-state index is 14.8. The summed E-state index contributed by atoms with van der Waals surface area (Å²) in [5.41, 5.74) is 2.77. The fourth-order valence-corrected chi connectivity index (χ4v) is 5.81. The van der Waals surface area contributed by atoms with Crippen LogP contribution in [0.3, 0.4) is 0 Å². The molecule has 1 heterocycles. The summed E-state index contributed by atoms with van der Waals surface area (Å²) < 4.78 is 48.4. The maximum atomic E-state index is 14.8. The molecule has 1 fully saturated rings. The van der Waals surface area contributed by atoms with Crippen LogP contribution in [0.25, 0.3) is 11.1 Å². The Kier molecular flexibility index (Phi) is 7.64. The van der Waals surface area contributed by atoms with Crippen LogP contribution in [0.1, 0.15) is 27.9 Å². The van der Waals surface area contributed by atoms with Gasteiger partial charge in [-0.3, -0.25) is 9.69 Å². The number of aryl methyl sites for hydroxylation is 1. The van der Waals surface area contributed by atoms with Gasteiger partial charge in [-0.1, -0.05) is 48.5 Å². The Morgan fingerprint density at radius 1 is 1.09 bits per heavy atom. The molecule has 1 saturated heterocycles. The fraction of sp³-hybridized carbons (Fsp3) is 0.296. The summed E-state index contributed by atoms with van der Waals surface area (Å²) in [5, 5.41) is -0.646. The first-order chi connectivity index (χ1) is 16.8. The number of sulfonamides is 1. The summed E-state index contributed by atoms with van der Waals surface area (Å²) in [5.74, 6) is -0.467. The standard InChI is InChI=1S/C27H29FN2O4S/c1-19-14-22(20-8-4-3-5-9-20)15-24(27(19)28)25(31)16-29-35(32,33)23-12-13-30(18-23)17-21-10-6-7-11-26(21)34-2/h3-11,14-15,23,29H,12-13,16-18H2,1-2H3. The lowest BCUT2D eigenvalue weighted by molar-refractivity contribution is 0.0993. The molecule has 184 valence electrons. The molecule has 8 heteroatoms.